The van der Waals surface area contributed by atoms with Gasteiger partial charge in [-0.1, -0.05) is 46.3 Å². The van der Waals surface area contributed by atoms with E-state index < -0.39 is 46.7 Å². The van der Waals surface area contributed by atoms with Gasteiger partial charge in [-0.15, -0.1) is 0 Å². The van der Waals surface area contributed by atoms with Crippen molar-refractivity contribution in [1.82, 2.24) is 0 Å². The van der Waals surface area contributed by atoms with E-state index in [1.54, 1.807) is 19.1 Å². The van der Waals surface area contributed by atoms with E-state index in [-0.39, 0.29) is 12.0 Å². The zero-order valence-electron chi connectivity index (χ0n) is 18.4. The molecule has 6 heteroatoms. The first-order valence-electron chi connectivity index (χ1n) is 10.9. The Hall–Kier alpha value is -2.24. The van der Waals surface area contributed by atoms with Crippen molar-refractivity contribution in [2.45, 2.75) is 53.1 Å². The lowest BCUT2D eigenvalue weighted by Gasteiger charge is -2.45. The minimum atomic E-state index is -1.73. The topological polar surface area (TPSA) is 86.7 Å². The molecule has 0 aromatic rings. The first-order valence-corrected chi connectivity index (χ1v) is 10.9. The first-order chi connectivity index (χ1) is 14.1. The summed E-state index contributed by atoms with van der Waals surface area (Å²) in [5.41, 5.74) is -1.73. The summed E-state index contributed by atoms with van der Waals surface area (Å²) in [4.78, 5) is 51.9. The number of rotatable bonds is 4. The highest BCUT2D eigenvalue weighted by atomic mass is 16.5. The molecule has 0 radical (unpaired) electrons. The summed E-state index contributed by atoms with van der Waals surface area (Å²) >= 11 is 0. The summed E-state index contributed by atoms with van der Waals surface area (Å²) in [7, 11) is 1.19. The molecule has 0 amide bonds. The second kappa shape index (κ2) is 8.48. The number of methoxy groups -OCH3 is 1. The highest BCUT2D eigenvalue weighted by Gasteiger charge is 2.63. The molecule has 0 bridgehead atoms. The third-order valence-corrected chi connectivity index (χ3v) is 7.31. The maximum Gasteiger partial charge on any atom is 0.321 e. The van der Waals surface area contributed by atoms with Crippen LogP contribution in [0.15, 0.2) is 24.3 Å². The molecular weight excluding hydrogens is 384 g/mol. The van der Waals surface area contributed by atoms with Crippen molar-refractivity contribution in [2.75, 3.05) is 7.11 Å². The van der Waals surface area contributed by atoms with Crippen LogP contribution in [-0.4, -0.2) is 36.7 Å². The maximum absolute atomic E-state index is 13.3. The van der Waals surface area contributed by atoms with E-state index in [0.717, 1.165) is 25.3 Å². The SMILES string of the molecule is COC(=O)[C@]12C(=O)C=CC(=O)[C@H]1[C@@H](C(=O)O[C@@H]1C[C@H](C)CC[C@H]1C(C)C)C=C[C@H]2C. The number of carbonyl (C=O) groups excluding carboxylic acids is 4. The molecule has 0 aromatic carbocycles. The van der Waals surface area contributed by atoms with Crippen LogP contribution in [0.5, 0.6) is 0 Å². The van der Waals surface area contributed by atoms with Crippen LogP contribution in [0, 0.1) is 40.9 Å². The molecule has 6 nitrogen and oxygen atoms in total. The number of fused-ring (bicyclic) bond motifs is 1. The summed E-state index contributed by atoms with van der Waals surface area (Å²) < 4.78 is 10.9. The predicted molar refractivity (Wildman–Crippen MR) is 110 cm³/mol. The Balaban J connectivity index is 1.95. The van der Waals surface area contributed by atoms with E-state index in [1.807, 2.05) is 0 Å². The second-order valence-electron chi connectivity index (χ2n) is 9.44. The smallest absolute Gasteiger partial charge is 0.321 e. The monoisotopic (exact) mass is 416 g/mol. The van der Waals surface area contributed by atoms with Gasteiger partial charge in [0.25, 0.3) is 0 Å². The summed E-state index contributed by atoms with van der Waals surface area (Å²) in [6, 6.07) is 0. The zero-order chi connectivity index (χ0) is 22.2. The molecule has 3 aliphatic carbocycles. The van der Waals surface area contributed by atoms with E-state index in [1.165, 1.54) is 13.2 Å². The number of ether oxygens (including phenoxy) is 2. The lowest BCUT2D eigenvalue weighted by molar-refractivity contribution is -0.175. The summed E-state index contributed by atoms with van der Waals surface area (Å²) in [6.45, 7) is 8.10. The first kappa shape index (κ1) is 22.4. The minimum absolute atomic E-state index is 0.230. The van der Waals surface area contributed by atoms with Gasteiger partial charge in [-0.05, 0) is 48.7 Å². The Morgan fingerprint density at radius 1 is 1.10 bits per heavy atom. The van der Waals surface area contributed by atoms with Crippen molar-refractivity contribution in [2.24, 2.45) is 40.9 Å². The van der Waals surface area contributed by atoms with E-state index in [2.05, 4.69) is 20.8 Å². The molecule has 0 saturated heterocycles. The van der Waals surface area contributed by atoms with Gasteiger partial charge in [-0.2, -0.15) is 0 Å². The Morgan fingerprint density at radius 2 is 1.80 bits per heavy atom. The van der Waals surface area contributed by atoms with Crippen LogP contribution in [0.2, 0.25) is 0 Å². The number of hydrogen-bond donors (Lipinski definition) is 0. The van der Waals surface area contributed by atoms with Crippen molar-refractivity contribution in [3.63, 3.8) is 0 Å². The number of ketones is 2. The van der Waals surface area contributed by atoms with Crippen molar-refractivity contribution in [1.29, 1.82) is 0 Å². The molecule has 1 fully saturated rings. The fourth-order valence-corrected chi connectivity index (χ4v) is 5.57. The Bertz CT molecular complexity index is 794. The lowest BCUT2D eigenvalue weighted by atomic mass is 9.54. The van der Waals surface area contributed by atoms with Crippen LogP contribution in [0.3, 0.4) is 0 Å². The predicted octanol–water partition coefficient (Wildman–Crippen LogP) is 3.30. The van der Waals surface area contributed by atoms with Gasteiger partial charge in [-0.3, -0.25) is 19.2 Å². The van der Waals surface area contributed by atoms with E-state index in [9.17, 15) is 19.2 Å². The third kappa shape index (κ3) is 3.54. The lowest BCUT2D eigenvalue weighted by Crippen LogP contribution is -2.59. The molecule has 0 spiro atoms. The molecule has 0 aliphatic heterocycles. The normalized spacial score (nSPS) is 38.3. The second-order valence-corrected chi connectivity index (χ2v) is 9.44. The van der Waals surface area contributed by atoms with Crippen molar-refractivity contribution < 1.29 is 28.7 Å². The molecule has 0 heterocycles. The maximum atomic E-state index is 13.3. The quantitative estimate of drug-likeness (QED) is 0.397. The van der Waals surface area contributed by atoms with E-state index >= 15 is 0 Å². The molecule has 0 aromatic heterocycles. The summed E-state index contributed by atoms with van der Waals surface area (Å²) in [6.07, 6.45) is 8.22. The van der Waals surface area contributed by atoms with Gasteiger partial charge in [0.2, 0.25) is 0 Å². The highest BCUT2D eigenvalue weighted by Crippen LogP contribution is 2.50. The van der Waals surface area contributed by atoms with Gasteiger partial charge in [0.15, 0.2) is 11.6 Å². The third-order valence-electron chi connectivity index (χ3n) is 7.31. The van der Waals surface area contributed by atoms with Crippen LogP contribution in [-0.2, 0) is 28.7 Å². The van der Waals surface area contributed by atoms with Gasteiger partial charge < -0.3 is 9.47 Å². The van der Waals surface area contributed by atoms with Crippen molar-refractivity contribution in [3.05, 3.63) is 24.3 Å². The van der Waals surface area contributed by atoms with Crippen LogP contribution < -0.4 is 0 Å². The zero-order valence-corrected chi connectivity index (χ0v) is 18.4. The fraction of sp³-hybridized carbons (Fsp3) is 0.667. The molecule has 0 unspecified atom stereocenters. The molecule has 3 rings (SSSR count). The van der Waals surface area contributed by atoms with E-state index in [4.69, 9.17) is 9.47 Å². The minimum Gasteiger partial charge on any atom is -0.468 e. The van der Waals surface area contributed by atoms with Gasteiger partial charge >= 0.3 is 11.9 Å². The Morgan fingerprint density at radius 3 is 2.43 bits per heavy atom. The standard InChI is InChI=1S/C24H32O6/c1-13(2)16-8-6-14(3)12-19(16)30-22(27)17-9-7-15(4)24(23(28)29-5)20(26)11-10-18(25)21(17)24/h7,9-11,13-17,19,21H,6,8,12H2,1-5H3/t14-,15-,16+,17+,19-,21-,24-/m1/s1. The fourth-order valence-electron chi connectivity index (χ4n) is 5.57. The largest absolute Gasteiger partial charge is 0.468 e. The van der Waals surface area contributed by atoms with Crippen LogP contribution >= 0.6 is 0 Å². The number of esters is 2. The number of allylic oxidation sites excluding steroid dienone is 3. The summed E-state index contributed by atoms with van der Waals surface area (Å²) in [5.74, 6) is -3.88. The summed E-state index contributed by atoms with van der Waals surface area (Å²) in [5, 5.41) is 0. The van der Waals surface area contributed by atoms with Crippen LogP contribution in [0.4, 0.5) is 0 Å². The van der Waals surface area contributed by atoms with Gasteiger partial charge in [0.05, 0.1) is 18.9 Å². The number of carbonyl (C=O) groups is 4. The molecule has 164 valence electrons. The van der Waals surface area contributed by atoms with Gasteiger partial charge in [-0.25, -0.2) is 0 Å². The molecule has 1 saturated carbocycles. The van der Waals surface area contributed by atoms with Crippen LogP contribution in [0.1, 0.15) is 47.0 Å². The van der Waals surface area contributed by atoms with Crippen LogP contribution in [0.25, 0.3) is 0 Å². The van der Waals surface area contributed by atoms with Crippen molar-refractivity contribution in [3.8, 4) is 0 Å². The molecule has 0 N–H and O–H groups in total. The number of hydrogen-bond acceptors (Lipinski definition) is 6. The van der Waals surface area contributed by atoms with Gasteiger partial charge in [0.1, 0.15) is 11.5 Å². The average Bonchev–Trinajstić information content (AvgIpc) is 2.70. The average molecular weight is 417 g/mol. The van der Waals surface area contributed by atoms with Gasteiger partial charge in [0, 0.05) is 0 Å². The molecule has 3 aliphatic rings. The molecule has 7 atom stereocenters. The highest BCUT2D eigenvalue weighted by molar-refractivity contribution is 6.19. The Labute approximate surface area is 178 Å². The van der Waals surface area contributed by atoms with Crippen molar-refractivity contribution >= 4 is 23.5 Å². The Kier molecular flexibility index (Phi) is 6.34. The molecular formula is C24H32O6. The van der Waals surface area contributed by atoms with E-state index in [0.29, 0.717) is 11.8 Å². The molecule has 30 heavy (non-hydrogen) atoms.